The number of rotatable bonds is 3. The third kappa shape index (κ3) is 2.09. The maximum absolute atomic E-state index is 9.87. The highest BCUT2D eigenvalue weighted by Gasteiger charge is 2.48. The average Bonchev–Trinajstić information content (AvgIpc) is 3.25. The number of methoxy groups -OCH3 is 1. The molecule has 4 heterocycles. The predicted octanol–water partition coefficient (Wildman–Crippen LogP) is 0.653. The number of aliphatic hydroxyl groups excluding tert-OH is 1. The Morgan fingerprint density at radius 2 is 2.14 bits per heavy atom. The van der Waals surface area contributed by atoms with Crippen LogP contribution in [0.5, 0.6) is 5.88 Å². The van der Waals surface area contributed by atoms with Gasteiger partial charge in [-0.05, 0) is 6.07 Å². The number of pyridine rings is 1. The van der Waals surface area contributed by atoms with E-state index in [0.717, 1.165) is 11.5 Å². The van der Waals surface area contributed by atoms with E-state index < -0.39 is 6.10 Å². The van der Waals surface area contributed by atoms with E-state index in [2.05, 4.69) is 9.97 Å². The van der Waals surface area contributed by atoms with E-state index >= 15 is 0 Å². The predicted molar refractivity (Wildman–Crippen MR) is 76.5 cm³/mol. The zero-order valence-corrected chi connectivity index (χ0v) is 12.1. The molecule has 4 atom stereocenters. The van der Waals surface area contributed by atoms with Crippen molar-refractivity contribution in [1.29, 1.82) is 0 Å². The van der Waals surface area contributed by atoms with E-state index in [0.29, 0.717) is 19.1 Å². The molecule has 4 rings (SSSR count). The minimum Gasteiger partial charge on any atom is -0.481 e. The summed E-state index contributed by atoms with van der Waals surface area (Å²) in [5.74, 6) is 1.28. The van der Waals surface area contributed by atoms with Crippen LogP contribution in [-0.4, -0.2) is 58.3 Å². The lowest BCUT2D eigenvalue weighted by Crippen LogP contribution is -2.30. The van der Waals surface area contributed by atoms with Gasteiger partial charge in [-0.15, -0.1) is 0 Å². The van der Waals surface area contributed by atoms with Gasteiger partial charge in [-0.2, -0.15) is 0 Å². The molecule has 0 spiro atoms. The Morgan fingerprint density at radius 1 is 1.27 bits per heavy atom. The molecule has 0 aliphatic carbocycles. The maximum atomic E-state index is 9.87. The van der Waals surface area contributed by atoms with Gasteiger partial charge in [-0.25, -0.2) is 9.97 Å². The first-order chi connectivity index (χ1) is 10.8. The topological polar surface area (TPSA) is 78.6 Å². The summed E-state index contributed by atoms with van der Waals surface area (Å²) in [6.07, 6.45) is 2.64. The van der Waals surface area contributed by atoms with Gasteiger partial charge in [0.15, 0.2) is 5.82 Å². The van der Waals surface area contributed by atoms with Crippen molar-refractivity contribution in [1.82, 2.24) is 14.5 Å². The molecular weight excluding hydrogens is 286 g/mol. The zero-order chi connectivity index (χ0) is 15.1. The molecule has 0 bridgehead atoms. The Hall–Kier alpha value is -1.96. The van der Waals surface area contributed by atoms with Crippen LogP contribution in [0, 0.1) is 0 Å². The molecule has 2 saturated heterocycles. The molecule has 2 aliphatic heterocycles. The van der Waals surface area contributed by atoms with Crippen LogP contribution in [0.3, 0.4) is 0 Å². The van der Waals surface area contributed by atoms with Crippen LogP contribution >= 0.6 is 0 Å². The number of hydrogen-bond donors (Lipinski definition) is 1. The lowest BCUT2D eigenvalue weighted by molar-refractivity contribution is 0.0172. The van der Waals surface area contributed by atoms with E-state index in [9.17, 15) is 5.11 Å². The fourth-order valence-corrected chi connectivity index (χ4v) is 3.13. The molecule has 116 valence electrons. The van der Waals surface area contributed by atoms with Crippen molar-refractivity contribution in [3.8, 4) is 17.4 Å². The molecule has 2 aliphatic rings. The second kappa shape index (κ2) is 5.35. The van der Waals surface area contributed by atoms with Crippen LogP contribution in [-0.2, 0) is 9.47 Å². The number of nitrogens with zero attached hydrogens (tertiary/aromatic N) is 3. The second-order valence-electron chi connectivity index (χ2n) is 5.45. The van der Waals surface area contributed by atoms with Crippen molar-refractivity contribution in [3.63, 3.8) is 0 Å². The molecule has 22 heavy (non-hydrogen) atoms. The normalized spacial score (nSPS) is 30.5. The molecule has 0 aromatic carbocycles. The first kappa shape index (κ1) is 13.7. The van der Waals surface area contributed by atoms with Crippen molar-refractivity contribution in [3.05, 3.63) is 30.6 Å². The molecule has 0 unspecified atom stereocenters. The summed E-state index contributed by atoms with van der Waals surface area (Å²) in [5.41, 5.74) is 0.728. The zero-order valence-electron chi connectivity index (χ0n) is 12.1. The largest absolute Gasteiger partial charge is 0.481 e. The quantitative estimate of drug-likeness (QED) is 0.897. The third-order valence-corrected chi connectivity index (χ3v) is 4.19. The summed E-state index contributed by atoms with van der Waals surface area (Å²) in [5, 5.41) is 9.87. The highest BCUT2D eigenvalue weighted by molar-refractivity contribution is 5.51. The summed E-state index contributed by atoms with van der Waals surface area (Å²) in [4.78, 5) is 8.84. The Balaban J connectivity index is 1.68. The minimum absolute atomic E-state index is 0.0207. The van der Waals surface area contributed by atoms with Gasteiger partial charge in [0, 0.05) is 18.5 Å². The number of hydrogen-bond acceptors (Lipinski definition) is 6. The van der Waals surface area contributed by atoms with Gasteiger partial charge in [0.05, 0.1) is 26.4 Å². The smallest absolute Gasteiger partial charge is 0.213 e. The van der Waals surface area contributed by atoms with E-state index in [1.807, 2.05) is 22.9 Å². The van der Waals surface area contributed by atoms with E-state index in [1.165, 1.54) is 0 Å². The van der Waals surface area contributed by atoms with Crippen LogP contribution in [0.15, 0.2) is 30.6 Å². The van der Waals surface area contributed by atoms with Crippen molar-refractivity contribution in [2.75, 3.05) is 20.3 Å². The maximum Gasteiger partial charge on any atom is 0.213 e. The van der Waals surface area contributed by atoms with Crippen LogP contribution in [0.2, 0.25) is 0 Å². The van der Waals surface area contributed by atoms with E-state index in [1.54, 1.807) is 19.4 Å². The highest BCUT2D eigenvalue weighted by Crippen LogP contribution is 2.36. The van der Waals surface area contributed by atoms with Gasteiger partial charge in [0.2, 0.25) is 5.88 Å². The van der Waals surface area contributed by atoms with Gasteiger partial charge < -0.3 is 23.9 Å². The van der Waals surface area contributed by atoms with Crippen molar-refractivity contribution in [2.45, 2.75) is 24.4 Å². The minimum atomic E-state index is -0.558. The molecule has 2 fully saturated rings. The lowest BCUT2D eigenvalue weighted by atomic mass is 10.1. The number of ether oxygens (including phenoxy) is 3. The summed E-state index contributed by atoms with van der Waals surface area (Å²) in [6.45, 7) is 0.799. The summed E-state index contributed by atoms with van der Waals surface area (Å²) in [7, 11) is 1.59. The Labute approximate surface area is 127 Å². The van der Waals surface area contributed by atoms with Crippen molar-refractivity contribution in [2.24, 2.45) is 0 Å². The molecule has 2 aromatic rings. The van der Waals surface area contributed by atoms with Crippen LogP contribution in [0.25, 0.3) is 11.5 Å². The fraction of sp³-hybridized carbons (Fsp3) is 0.467. The number of imidazole rings is 1. The first-order valence-electron chi connectivity index (χ1n) is 7.23. The molecule has 2 aromatic heterocycles. The Kier molecular flexibility index (Phi) is 3.33. The van der Waals surface area contributed by atoms with E-state index in [4.69, 9.17) is 14.2 Å². The summed E-state index contributed by atoms with van der Waals surface area (Å²) in [6, 6.07) is 5.54. The number of aliphatic hydroxyl groups is 1. The molecule has 0 amide bonds. The van der Waals surface area contributed by atoms with Crippen molar-refractivity contribution < 1.29 is 19.3 Å². The molecular formula is C15H17N3O4. The van der Waals surface area contributed by atoms with Gasteiger partial charge in [0.1, 0.15) is 24.0 Å². The fourth-order valence-electron chi connectivity index (χ4n) is 3.13. The standard InChI is InChI=1S/C15H17N3O4/c1-20-12-4-2-3-9(17-12)15-16-5-6-18(15)10-7-21-14-11(19)8-22-13(10)14/h2-6,10-11,13-14,19H,7-8H2,1H3/t10-,11+,13+,14+/m0/s1. The van der Waals surface area contributed by atoms with Gasteiger partial charge in [-0.1, -0.05) is 6.07 Å². The average molecular weight is 303 g/mol. The van der Waals surface area contributed by atoms with Crippen LogP contribution < -0.4 is 4.74 Å². The van der Waals surface area contributed by atoms with Crippen molar-refractivity contribution >= 4 is 0 Å². The van der Waals surface area contributed by atoms with Crippen LogP contribution in [0.4, 0.5) is 0 Å². The molecule has 7 heteroatoms. The molecule has 0 saturated carbocycles. The molecule has 1 N–H and O–H groups in total. The summed E-state index contributed by atoms with van der Waals surface area (Å²) < 4.78 is 18.6. The van der Waals surface area contributed by atoms with Crippen LogP contribution in [0.1, 0.15) is 6.04 Å². The Morgan fingerprint density at radius 3 is 3.00 bits per heavy atom. The molecule has 7 nitrogen and oxygen atoms in total. The van der Waals surface area contributed by atoms with Gasteiger partial charge >= 0.3 is 0 Å². The van der Waals surface area contributed by atoms with Gasteiger partial charge in [-0.3, -0.25) is 0 Å². The number of fused-ring (bicyclic) bond motifs is 1. The first-order valence-corrected chi connectivity index (χ1v) is 7.23. The summed E-state index contributed by atoms with van der Waals surface area (Å²) >= 11 is 0. The second-order valence-corrected chi connectivity index (χ2v) is 5.45. The van der Waals surface area contributed by atoms with Gasteiger partial charge in [0.25, 0.3) is 0 Å². The highest BCUT2D eigenvalue weighted by atomic mass is 16.6. The lowest BCUT2D eigenvalue weighted by Gasteiger charge is -2.19. The third-order valence-electron chi connectivity index (χ3n) is 4.19. The van der Waals surface area contributed by atoms with E-state index in [-0.39, 0.29) is 18.2 Å². The monoisotopic (exact) mass is 303 g/mol. The number of aromatic nitrogens is 3. The Bertz CT molecular complexity index is 674. The molecule has 0 radical (unpaired) electrons. The SMILES string of the molecule is COc1cccc(-c2nccn2[C@H]2CO[C@H]3[C@@H]2OC[C@H]3O)n1.